The molecule has 4 rings (SSSR count). The van der Waals surface area contributed by atoms with Crippen LogP contribution in [0.5, 0.6) is 0 Å². The summed E-state index contributed by atoms with van der Waals surface area (Å²) >= 11 is 0. The first-order valence-corrected chi connectivity index (χ1v) is 8.04. The van der Waals surface area contributed by atoms with E-state index in [1.54, 1.807) is 4.90 Å². The fourth-order valence-electron chi connectivity index (χ4n) is 5.29. The number of hydrogen-bond donors (Lipinski definition) is 2. The minimum atomic E-state index is -0.0971. The molecule has 6 atom stereocenters. The van der Waals surface area contributed by atoms with Crippen molar-refractivity contribution in [3.63, 3.8) is 0 Å². The fourth-order valence-corrected chi connectivity index (χ4v) is 5.29. The maximum atomic E-state index is 12.2. The van der Waals surface area contributed by atoms with Gasteiger partial charge in [-0.3, -0.25) is 4.79 Å². The summed E-state index contributed by atoms with van der Waals surface area (Å²) in [5.41, 5.74) is 0. The van der Waals surface area contributed by atoms with Crippen molar-refractivity contribution >= 4 is 5.91 Å². The molecule has 2 N–H and O–H groups in total. The van der Waals surface area contributed by atoms with E-state index in [0.29, 0.717) is 23.9 Å². The molecule has 4 fully saturated rings. The summed E-state index contributed by atoms with van der Waals surface area (Å²) in [5, 5.41) is 9.94. The maximum absolute atomic E-state index is 12.2. The molecule has 1 amide bonds. The van der Waals surface area contributed by atoms with E-state index in [0.717, 1.165) is 44.7 Å². The van der Waals surface area contributed by atoms with Gasteiger partial charge in [0.1, 0.15) is 0 Å². The largest absolute Gasteiger partial charge is 0.393 e. The summed E-state index contributed by atoms with van der Waals surface area (Å²) in [4.78, 5) is 16.1. The van der Waals surface area contributed by atoms with Gasteiger partial charge in [-0.1, -0.05) is 0 Å². The average molecular weight is 265 g/mol. The molecule has 19 heavy (non-hydrogen) atoms. The van der Waals surface area contributed by atoms with Crippen molar-refractivity contribution in [3.8, 4) is 0 Å². The lowest BCUT2D eigenvalue weighted by atomic mass is 9.70. The minimum absolute atomic E-state index is 0.0971. The maximum Gasteiger partial charge on any atom is 0.222 e. The van der Waals surface area contributed by atoms with Gasteiger partial charge in [0.25, 0.3) is 0 Å². The molecule has 4 heteroatoms. The molecule has 0 aromatic heterocycles. The monoisotopic (exact) mass is 265 g/mol. The van der Waals surface area contributed by atoms with E-state index in [4.69, 9.17) is 0 Å². The van der Waals surface area contributed by atoms with Crippen molar-refractivity contribution in [2.45, 2.75) is 56.7 Å². The highest BCUT2D eigenvalue weighted by atomic mass is 16.3. The number of nitrogens with zero attached hydrogens (tertiary/aromatic N) is 1. The molecule has 4 aliphatic rings. The lowest BCUT2D eigenvalue weighted by Gasteiger charge is -2.55. The molecular weight excluding hydrogens is 240 g/mol. The second kappa shape index (κ2) is 4.45. The highest BCUT2D eigenvalue weighted by Crippen LogP contribution is 2.37. The van der Waals surface area contributed by atoms with E-state index in [1.165, 1.54) is 19.4 Å². The molecule has 0 radical (unpaired) electrons. The van der Waals surface area contributed by atoms with Crippen LogP contribution >= 0.6 is 0 Å². The van der Waals surface area contributed by atoms with Crippen molar-refractivity contribution in [3.05, 3.63) is 0 Å². The standard InChI is InChI=1S/C15H24N2O2/c18-12-4-5-16-8-10-6-11(14(16)7-12)9-17-13(10)2-1-3-15(17)19/h10-14,18H,1-9H2/p+1/t10-,11-,12+,13-,14?/m1/s1. The number of carbonyl (C=O) groups excluding carboxylic acids is 1. The van der Waals surface area contributed by atoms with E-state index in [1.807, 2.05) is 0 Å². The van der Waals surface area contributed by atoms with E-state index in [-0.39, 0.29) is 6.10 Å². The molecule has 106 valence electrons. The number of carbonyl (C=O) groups is 1. The van der Waals surface area contributed by atoms with Gasteiger partial charge in [0.15, 0.2) is 0 Å². The average Bonchev–Trinajstić information content (AvgIpc) is 2.41. The molecule has 0 aromatic rings. The van der Waals surface area contributed by atoms with Crippen molar-refractivity contribution in [1.29, 1.82) is 0 Å². The van der Waals surface area contributed by atoms with Crippen LogP contribution in [0.25, 0.3) is 0 Å². The van der Waals surface area contributed by atoms with Gasteiger partial charge in [-0.25, -0.2) is 0 Å². The summed E-state index contributed by atoms with van der Waals surface area (Å²) in [6.07, 6.45) is 6.22. The molecule has 4 saturated heterocycles. The van der Waals surface area contributed by atoms with Crippen LogP contribution in [0.1, 0.15) is 38.5 Å². The van der Waals surface area contributed by atoms with Crippen LogP contribution < -0.4 is 4.90 Å². The SMILES string of the molecule is O=C1CCC[C@@H]2[C@@H]3C[C@H](CN12)C1C[C@@H](O)CC[NH+]1C3. The Kier molecular flexibility index (Phi) is 2.85. The van der Waals surface area contributed by atoms with Crippen LogP contribution in [0.4, 0.5) is 0 Å². The topological polar surface area (TPSA) is 45.0 Å². The Bertz CT molecular complexity index is 386. The Hall–Kier alpha value is -0.610. The summed E-state index contributed by atoms with van der Waals surface area (Å²) < 4.78 is 0. The van der Waals surface area contributed by atoms with Gasteiger partial charge in [-0.05, 0) is 19.3 Å². The Labute approximate surface area is 114 Å². The number of piperidine rings is 4. The third kappa shape index (κ3) is 1.91. The van der Waals surface area contributed by atoms with Gasteiger partial charge >= 0.3 is 0 Å². The van der Waals surface area contributed by atoms with Crippen molar-refractivity contribution in [2.24, 2.45) is 11.8 Å². The molecule has 0 aliphatic carbocycles. The van der Waals surface area contributed by atoms with Crippen molar-refractivity contribution in [1.82, 2.24) is 4.90 Å². The van der Waals surface area contributed by atoms with Crippen LogP contribution in [0.2, 0.25) is 0 Å². The predicted molar refractivity (Wildman–Crippen MR) is 70.7 cm³/mol. The number of nitrogens with one attached hydrogen (secondary N) is 1. The van der Waals surface area contributed by atoms with Gasteiger partial charge in [0.05, 0.1) is 25.2 Å². The Morgan fingerprint density at radius 1 is 1.21 bits per heavy atom. The summed E-state index contributed by atoms with van der Waals surface area (Å²) in [5.74, 6) is 1.76. The first kappa shape index (κ1) is 12.2. The molecule has 4 aliphatic heterocycles. The van der Waals surface area contributed by atoms with E-state index < -0.39 is 0 Å². The number of aliphatic hydroxyl groups is 1. The molecule has 0 saturated carbocycles. The molecule has 0 spiro atoms. The van der Waals surface area contributed by atoms with Gasteiger partial charge in [-0.15, -0.1) is 0 Å². The molecule has 2 unspecified atom stereocenters. The lowest BCUT2D eigenvalue weighted by Crippen LogP contribution is -3.20. The number of fused-ring (bicyclic) bond motifs is 6. The molecule has 2 bridgehead atoms. The zero-order chi connectivity index (χ0) is 13.0. The Morgan fingerprint density at radius 2 is 2.11 bits per heavy atom. The Morgan fingerprint density at radius 3 is 3.00 bits per heavy atom. The Balaban J connectivity index is 1.58. The zero-order valence-electron chi connectivity index (χ0n) is 11.6. The van der Waals surface area contributed by atoms with E-state index in [9.17, 15) is 9.90 Å². The third-order valence-electron chi connectivity index (χ3n) is 6.13. The second-order valence-corrected chi connectivity index (χ2v) is 7.16. The summed E-state index contributed by atoms with van der Waals surface area (Å²) in [6.45, 7) is 3.35. The fraction of sp³-hybridized carbons (Fsp3) is 0.933. The van der Waals surface area contributed by atoms with Crippen LogP contribution in [0, 0.1) is 11.8 Å². The number of quaternary nitrogens is 1. The number of rotatable bonds is 0. The van der Waals surface area contributed by atoms with E-state index >= 15 is 0 Å². The van der Waals surface area contributed by atoms with Crippen LogP contribution in [-0.4, -0.2) is 53.7 Å². The zero-order valence-corrected chi connectivity index (χ0v) is 11.6. The quantitative estimate of drug-likeness (QED) is 0.616. The highest BCUT2D eigenvalue weighted by Gasteiger charge is 2.51. The van der Waals surface area contributed by atoms with Crippen LogP contribution in [0.15, 0.2) is 0 Å². The minimum Gasteiger partial charge on any atom is -0.393 e. The first-order chi connectivity index (χ1) is 9.22. The molecule has 0 aromatic carbocycles. The van der Waals surface area contributed by atoms with Gasteiger partial charge in [0.2, 0.25) is 5.91 Å². The van der Waals surface area contributed by atoms with Crippen molar-refractivity contribution in [2.75, 3.05) is 19.6 Å². The number of aliphatic hydroxyl groups excluding tert-OH is 1. The first-order valence-electron chi connectivity index (χ1n) is 8.04. The van der Waals surface area contributed by atoms with Gasteiger partial charge in [-0.2, -0.15) is 0 Å². The third-order valence-corrected chi connectivity index (χ3v) is 6.13. The molecule has 4 heterocycles. The number of amides is 1. The lowest BCUT2D eigenvalue weighted by molar-refractivity contribution is -0.946. The van der Waals surface area contributed by atoms with Crippen LogP contribution in [-0.2, 0) is 4.79 Å². The van der Waals surface area contributed by atoms with Crippen LogP contribution in [0.3, 0.4) is 0 Å². The number of hydrogen-bond acceptors (Lipinski definition) is 2. The molecular formula is C15H25N2O2+. The predicted octanol–water partition coefficient (Wildman–Crippen LogP) is -0.575. The normalized spacial score (nSPS) is 49.5. The van der Waals surface area contributed by atoms with Gasteiger partial charge in [0, 0.05) is 43.7 Å². The van der Waals surface area contributed by atoms with E-state index in [2.05, 4.69) is 4.90 Å². The molecule has 4 nitrogen and oxygen atoms in total. The summed E-state index contributed by atoms with van der Waals surface area (Å²) in [6, 6.07) is 1.15. The van der Waals surface area contributed by atoms with Gasteiger partial charge < -0.3 is 14.9 Å². The second-order valence-electron chi connectivity index (χ2n) is 7.16. The summed E-state index contributed by atoms with van der Waals surface area (Å²) in [7, 11) is 0. The van der Waals surface area contributed by atoms with Crippen molar-refractivity contribution < 1.29 is 14.8 Å². The smallest absolute Gasteiger partial charge is 0.222 e. The highest BCUT2D eigenvalue weighted by molar-refractivity contribution is 5.77.